The van der Waals surface area contributed by atoms with E-state index >= 15 is 0 Å². The Hall–Kier alpha value is -3.04. The molecule has 2 aliphatic heterocycles. The van der Waals surface area contributed by atoms with Crippen LogP contribution in [0.5, 0.6) is 0 Å². The Kier molecular flexibility index (Phi) is 4.59. The average molecular weight is 365 g/mol. The molecule has 3 aromatic rings. The third-order valence-corrected chi connectivity index (χ3v) is 5.39. The zero-order valence-corrected chi connectivity index (χ0v) is 15.9. The van der Waals surface area contributed by atoms with Crippen molar-refractivity contribution in [3.63, 3.8) is 0 Å². The van der Waals surface area contributed by atoms with E-state index in [4.69, 9.17) is 9.98 Å². The summed E-state index contributed by atoms with van der Waals surface area (Å²) < 4.78 is 0. The first-order chi connectivity index (χ1) is 13.8. The van der Waals surface area contributed by atoms with Crippen molar-refractivity contribution in [2.45, 2.75) is 19.4 Å². The summed E-state index contributed by atoms with van der Waals surface area (Å²) in [5, 5.41) is 0. The third kappa shape index (κ3) is 3.67. The van der Waals surface area contributed by atoms with Gasteiger partial charge in [0.2, 0.25) is 0 Å². The van der Waals surface area contributed by atoms with Crippen molar-refractivity contribution in [3.05, 3.63) is 95.6 Å². The summed E-state index contributed by atoms with van der Waals surface area (Å²) in [5.41, 5.74) is 8.74. The van der Waals surface area contributed by atoms with Crippen molar-refractivity contribution in [1.29, 1.82) is 0 Å². The van der Waals surface area contributed by atoms with Crippen LogP contribution in [0.15, 0.2) is 88.8 Å². The van der Waals surface area contributed by atoms with Gasteiger partial charge >= 0.3 is 0 Å². The van der Waals surface area contributed by atoms with E-state index in [0.29, 0.717) is 0 Å². The molecule has 0 unspecified atom stereocenters. The summed E-state index contributed by atoms with van der Waals surface area (Å²) in [5.74, 6) is 0. The lowest BCUT2D eigenvalue weighted by molar-refractivity contribution is 0.345. The van der Waals surface area contributed by atoms with Gasteiger partial charge in [-0.3, -0.25) is 14.9 Å². The maximum Gasteiger partial charge on any atom is 0.0665 e. The molecule has 2 aliphatic rings. The van der Waals surface area contributed by atoms with Gasteiger partial charge in [-0.1, -0.05) is 66.7 Å². The van der Waals surface area contributed by atoms with Crippen molar-refractivity contribution < 1.29 is 0 Å². The Bertz CT molecular complexity index is 985. The normalized spacial score (nSPS) is 14.6. The van der Waals surface area contributed by atoms with Crippen molar-refractivity contribution in [2.75, 3.05) is 13.1 Å². The molecule has 0 N–H and O–H groups in total. The van der Waals surface area contributed by atoms with Gasteiger partial charge in [0.05, 0.1) is 11.4 Å². The van der Waals surface area contributed by atoms with Crippen LogP contribution in [0.3, 0.4) is 0 Å². The van der Waals surface area contributed by atoms with Crippen LogP contribution in [0.25, 0.3) is 0 Å². The summed E-state index contributed by atoms with van der Waals surface area (Å²) in [7, 11) is 0. The van der Waals surface area contributed by atoms with E-state index in [1.54, 1.807) is 0 Å². The first kappa shape index (κ1) is 17.1. The number of hydrogen-bond acceptors (Lipinski definition) is 3. The number of para-hydroxylation sites is 2. The molecule has 3 aromatic carbocycles. The Balaban J connectivity index is 1.34. The molecule has 0 saturated heterocycles. The second-order valence-corrected chi connectivity index (χ2v) is 7.60. The van der Waals surface area contributed by atoms with Gasteiger partial charge in [0.15, 0.2) is 0 Å². The number of hydrogen-bond donors (Lipinski definition) is 0. The largest absolute Gasteiger partial charge is 0.288 e. The van der Waals surface area contributed by atoms with Crippen LogP contribution in [-0.4, -0.2) is 29.4 Å². The molecule has 0 aliphatic carbocycles. The Morgan fingerprint density at radius 1 is 0.571 bits per heavy atom. The molecular weight excluding hydrogens is 342 g/mol. The highest BCUT2D eigenvalue weighted by atomic mass is 15.1. The molecule has 0 radical (unpaired) electrons. The quantitative estimate of drug-likeness (QED) is 0.594. The van der Waals surface area contributed by atoms with Gasteiger partial charge in [-0.05, 0) is 28.8 Å². The average Bonchev–Trinajstić information content (AvgIpc) is 3.31. The first-order valence-electron chi connectivity index (χ1n) is 9.88. The predicted molar refractivity (Wildman–Crippen MR) is 116 cm³/mol. The summed E-state index contributed by atoms with van der Waals surface area (Å²) in [4.78, 5) is 12.2. The zero-order valence-electron chi connectivity index (χ0n) is 15.9. The van der Waals surface area contributed by atoms with Crippen LogP contribution in [0, 0.1) is 0 Å². The molecule has 3 nitrogen and oxygen atoms in total. The molecule has 0 spiro atoms. The lowest BCUT2D eigenvalue weighted by Gasteiger charge is -2.22. The second kappa shape index (κ2) is 7.53. The Labute approximate surface area is 166 Å². The molecule has 5 rings (SSSR count). The van der Waals surface area contributed by atoms with Gasteiger partial charge in [-0.2, -0.15) is 0 Å². The van der Waals surface area contributed by atoms with Gasteiger partial charge in [0.25, 0.3) is 0 Å². The van der Waals surface area contributed by atoms with E-state index in [1.165, 1.54) is 28.1 Å². The highest BCUT2D eigenvalue weighted by Crippen LogP contribution is 2.28. The van der Waals surface area contributed by atoms with Crippen LogP contribution < -0.4 is 0 Å². The van der Waals surface area contributed by atoms with Gasteiger partial charge in [0, 0.05) is 43.9 Å². The van der Waals surface area contributed by atoms with E-state index in [-0.39, 0.29) is 0 Å². The summed E-state index contributed by atoms with van der Waals surface area (Å²) in [6.07, 6.45) is 1.91. The molecule has 28 heavy (non-hydrogen) atoms. The van der Waals surface area contributed by atoms with Crippen LogP contribution in [0.2, 0.25) is 0 Å². The minimum absolute atomic E-state index is 0.874. The monoisotopic (exact) mass is 365 g/mol. The van der Waals surface area contributed by atoms with Crippen LogP contribution >= 0.6 is 0 Å². The summed E-state index contributed by atoms with van der Waals surface area (Å²) >= 11 is 0. The molecule has 3 heteroatoms. The maximum atomic E-state index is 4.88. The minimum atomic E-state index is 0.874. The van der Waals surface area contributed by atoms with E-state index in [9.17, 15) is 0 Å². The number of nitrogens with zero attached hydrogens (tertiary/aromatic N) is 3. The van der Waals surface area contributed by atoms with E-state index in [2.05, 4.69) is 83.8 Å². The fourth-order valence-electron chi connectivity index (χ4n) is 4.11. The standard InChI is InChI=1S/C25H23N3/c1-2-8-19(9-3-1)16-28(17-22-14-20-10-4-6-12-24(20)26-22)18-23-15-21-11-5-7-13-25(21)27-23/h1-13H,14-18H2. The minimum Gasteiger partial charge on any atom is -0.288 e. The highest BCUT2D eigenvalue weighted by molar-refractivity contribution is 5.97. The van der Waals surface area contributed by atoms with Crippen molar-refractivity contribution in [3.8, 4) is 0 Å². The maximum absolute atomic E-state index is 4.88. The van der Waals surface area contributed by atoms with E-state index in [0.717, 1.165) is 43.9 Å². The van der Waals surface area contributed by atoms with Crippen molar-refractivity contribution in [1.82, 2.24) is 4.90 Å². The Morgan fingerprint density at radius 2 is 1.07 bits per heavy atom. The zero-order chi connectivity index (χ0) is 18.8. The summed E-state index contributed by atoms with van der Waals surface area (Å²) in [6.45, 7) is 2.66. The SMILES string of the molecule is c1ccc(CN(CC2=Nc3ccccc3C2)CC2=Nc3ccccc3C2)cc1. The Morgan fingerprint density at radius 3 is 1.61 bits per heavy atom. The fourth-order valence-corrected chi connectivity index (χ4v) is 4.11. The van der Waals surface area contributed by atoms with Crippen LogP contribution in [0.1, 0.15) is 16.7 Å². The van der Waals surface area contributed by atoms with Gasteiger partial charge in [-0.25, -0.2) is 0 Å². The first-order valence-corrected chi connectivity index (χ1v) is 9.88. The smallest absolute Gasteiger partial charge is 0.0665 e. The van der Waals surface area contributed by atoms with Crippen LogP contribution in [-0.2, 0) is 19.4 Å². The molecule has 2 heterocycles. The third-order valence-electron chi connectivity index (χ3n) is 5.39. The number of fused-ring (bicyclic) bond motifs is 2. The lowest BCUT2D eigenvalue weighted by atomic mass is 10.1. The topological polar surface area (TPSA) is 28.0 Å². The van der Waals surface area contributed by atoms with E-state index < -0.39 is 0 Å². The molecule has 0 amide bonds. The van der Waals surface area contributed by atoms with Crippen molar-refractivity contribution >= 4 is 22.8 Å². The molecular formula is C25H23N3. The number of benzene rings is 3. The molecule has 0 atom stereocenters. The fraction of sp³-hybridized carbons (Fsp3) is 0.200. The lowest BCUT2D eigenvalue weighted by Crippen LogP contribution is -2.34. The van der Waals surface area contributed by atoms with Gasteiger partial charge in [0.1, 0.15) is 0 Å². The molecule has 0 aromatic heterocycles. The number of aliphatic imine (C=N–C) groups is 2. The molecule has 0 saturated carbocycles. The second-order valence-electron chi connectivity index (χ2n) is 7.60. The predicted octanol–water partition coefficient (Wildman–Crippen LogP) is 5.15. The van der Waals surface area contributed by atoms with Crippen LogP contribution in [0.4, 0.5) is 11.4 Å². The van der Waals surface area contributed by atoms with Gasteiger partial charge in [-0.15, -0.1) is 0 Å². The summed E-state index contributed by atoms with van der Waals surface area (Å²) in [6, 6.07) is 27.6. The number of rotatable bonds is 6. The van der Waals surface area contributed by atoms with Gasteiger partial charge < -0.3 is 0 Å². The van der Waals surface area contributed by atoms with E-state index in [1.807, 2.05) is 0 Å². The molecule has 138 valence electrons. The highest BCUT2D eigenvalue weighted by Gasteiger charge is 2.21. The molecule has 0 fully saturated rings. The van der Waals surface area contributed by atoms with Crippen molar-refractivity contribution in [2.24, 2.45) is 9.98 Å². The molecule has 0 bridgehead atoms.